The highest BCUT2D eigenvalue weighted by Crippen LogP contribution is 2.17. The number of amides is 1. The van der Waals surface area contributed by atoms with Crippen LogP contribution in [0.1, 0.15) is 27.7 Å². The summed E-state index contributed by atoms with van der Waals surface area (Å²) in [6.45, 7) is 11.8. The summed E-state index contributed by atoms with van der Waals surface area (Å²) in [7, 11) is 1.85. The first-order valence-electron chi connectivity index (χ1n) is 8.12. The molecule has 0 bridgehead atoms. The number of aryl methyl sites for hydroxylation is 1. The largest absolute Gasteiger partial charge is 0.357 e. The van der Waals surface area contributed by atoms with E-state index in [2.05, 4.69) is 36.2 Å². The predicted molar refractivity (Wildman–Crippen MR) is 108 cm³/mol. The lowest BCUT2D eigenvalue weighted by Gasteiger charge is -2.35. The van der Waals surface area contributed by atoms with E-state index in [0.29, 0.717) is 13.1 Å². The van der Waals surface area contributed by atoms with Crippen LogP contribution >= 0.6 is 24.0 Å². The fourth-order valence-corrected chi connectivity index (χ4v) is 2.41. The maximum absolute atomic E-state index is 12.5. The molecule has 1 aromatic heterocycles. The van der Waals surface area contributed by atoms with Crippen LogP contribution in [0.2, 0.25) is 0 Å². The normalized spacial score (nSPS) is 16.2. The highest BCUT2D eigenvalue weighted by atomic mass is 127. The van der Waals surface area contributed by atoms with Gasteiger partial charge in [0.05, 0.1) is 11.9 Å². The Balaban J connectivity index is 0.00000288. The zero-order valence-electron chi connectivity index (χ0n) is 15.2. The molecule has 1 fully saturated rings. The number of nitrogens with zero attached hydrogens (tertiary/aromatic N) is 5. The minimum atomic E-state index is 0. The second-order valence-corrected chi connectivity index (χ2v) is 7.07. The molecule has 1 saturated heterocycles. The van der Waals surface area contributed by atoms with Crippen molar-refractivity contribution in [3.05, 3.63) is 12.4 Å². The Morgan fingerprint density at radius 3 is 2.58 bits per heavy atom. The molecule has 1 aliphatic heterocycles. The minimum Gasteiger partial charge on any atom is -0.357 e. The van der Waals surface area contributed by atoms with Crippen molar-refractivity contribution < 1.29 is 4.79 Å². The van der Waals surface area contributed by atoms with Crippen molar-refractivity contribution >= 4 is 41.5 Å². The van der Waals surface area contributed by atoms with Gasteiger partial charge in [0.25, 0.3) is 0 Å². The van der Waals surface area contributed by atoms with Crippen LogP contribution < -0.4 is 10.2 Å². The molecule has 1 N–H and O–H groups in total. The van der Waals surface area contributed by atoms with Crippen molar-refractivity contribution in [1.82, 2.24) is 20.0 Å². The van der Waals surface area contributed by atoms with Gasteiger partial charge in [0.1, 0.15) is 6.54 Å². The molecule has 0 atom stereocenters. The van der Waals surface area contributed by atoms with Crippen molar-refractivity contribution in [3.8, 4) is 0 Å². The number of guanidine groups is 1. The first-order valence-corrected chi connectivity index (χ1v) is 8.12. The Bertz CT molecular complexity index is 577. The van der Waals surface area contributed by atoms with Crippen LogP contribution in [0.4, 0.5) is 5.69 Å². The van der Waals surface area contributed by atoms with Crippen LogP contribution in [0.3, 0.4) is 0 Å². The Morgan fingerprint density at radius 2 is 2.08 bits per heavy atom. The van der Waals surface area contributed by atoms with Gasteiger partial charge < -0.3 is 15.1 Å². The van der Waals surface area contributed by atoms with E-state index in [0.717, 1.165) is 31.3 Å². The van der Waals surface area contributed by atoms with Crippen LogP contribution in [0.5, 0.6) is 0 Å². The number of carbonyl (C=O) groups excluding carboxylic acids is 1. The van der Waals surface area contributed by atoms with Gasteiger partial charge in [-0.05, 0) is 12.3 Å². The number of halogens is 1. The van der Waals surface area contributed by atoms with E-state index in [1.165, 1.54) is 0 Å². The molecule has 1 aromatic rings. The zero-order chi connectivity index (χ0) is 17.0. The molecule has 0 aliphatic carbocycles. The number of aromatic nitrogens is 2. The summed E-state index contributed by atoms with van der Waals surface area (Å²) in [5, 5.41) is 7.43. The summed E-state index contributed by atoms with van der Waals surface area (Å²) in [6, 6.07) is 0. The molecule has 1 amide bonds. The topological polar surface area (TPSA) is 65.8 Å². The Hall–Kier alpha value is -1.32. The number of carbonyl (C=O) groups is 1. The van der Waals surface area contributed by atoms with Crippen molar-refractivity contribution in [1.29, 1.82) is 0 Å². The summed E-state index contributed by atoms with van der Waals surface area (Å²) in [6.07, 6.45) is 3.60. The van der Waals surface area contributed by atoms with Crippen molar-refractivity contribution in [2.45, 2.75) is 27.7 Å². The quantitative estimate of drug-likeness (QED) is 0.435. The maximum Gasteiger partial charge on any atom is 0.246 e. The highest BCUT2D eigenvalue weighted by Gasteiger charge is 2.27. The van der Waals surface area contributed by atoms with Crippen LogP contribution in [0.15, 0.2) is 17.4 Å². The van der Waals surface area contributed by atoms with Crippen LogP contribution in [-0.4, -0.2) is 59.3 Å². The first-order chi connectivity index (χ1) is 10.8. The molecular weight excluding hydrogens is 419 g/mol. The van der Waals surface area contributed by atoms with Crippen LogP contribution in [0, 0.1) is 5.41 Å². The first kappa shape index (κ1) is 20.7. The number of hydrogen-bond donors (Lipinski definition) is 1. The average Bonchev–Trinajstić information content (AvgIpc) is 2.88. The molecular formula is C16H29IN6O. The molecule has 136 valence electrons. The molecule has 0 spiro atoms. The fourth-order valence-electron chi connectivity index (χ4n) is 2.41. The lowest BCUT2D eigenvalue weighted by molar-refractivity contribution is -0.120. The van der Waals surface area contributed by atoms with Crippen LogP contribution in [0.25, 0.3) is 0 Å². The van der Waals surface area contributed by atoms with Gasteiger partial charge in [0.2, 0.25) is 5.91 Å². The molecule has 8 heteroatoms. The van der Waals surface area contributed by atoms with E-state index in [1.807, 2.05) is 25.1 Å². The van der Waals surface area contributed by atoms with Crippen LogP contribution in [-0.2, 0) is 11.8 Å². The van der Waals surface area contributed by atoms with Gasteiger partial charge in [0.15, 0.2) is 5.96 Å². The van der Waals surface area contributed by atoms with Gasteiger partial charge in [-0.25, -0.2) is 0 Å². The maximum atomic E-state index is 12.5. The molecule has 7 nitrogen and oxygen atoms in total. The second kappa shape index (κ2) is 8.68. The van der Waals surface area contributed by atoms with Gasteiger partial charge in [-0.1, -0.05) is 20.8 Å². The van der Waals surface area contributed by atoms with Crippen molar-refractivity contribution in [3.63, 3.8) is 0 Å². The van der Waals surface area contributed by atoms with E-state index < -0.39 is 0 Å². The standard InChI is InChI=1S/C16H28N6O.HI/c1-6-17-15(18-12-16(2,3)4)21-7-8-22(14(23)11-21)13-9-19-20(5)10-13;/h9-10H,6-8,11-12H2,1-5H3,(H,17,18);1H. The number of anilines is 1. The predicted octanol–water partition coefficient (Wildman–Crippen LogP) is 1.70. The molecule has 0 radical (unpaired) electrons. The molecule has 1 aliphatic rings. The SMILES string of the molecule is CCNC(=NCC(C)(C)C)N1CCN(c2cnn(C)c2)C(=O)C1.I. The summed E-state index contributed by atoms with van der Waals surface area (Å²) < 4.78 is 1.71. The van der Waals surface area contributed by atoms with E-state index >= 15 is 0 Å². The zero-order valence-corrected chi connectivity index (χ0v) is 17.6. The van der Waals surface area contributed by atoms with Gasteiger partial charge in [0, 0.05) is 39.4 Å². The Morgan fingerprint density at radius 1 is 1.38 bits per heavy atom. The van der Waals surface area contributed by atoms with Gasteiger partial charge >= 0.3 is 0 Å². The number of nitrogens with one attached hydrogen (secondary N) is 1. The van der Waals surface area contributed by atoms with Crippen molar-refractivity contribution in [2.24, 2.45) is 17.5 Å². The average molecular weight is 448 g/mol. The summed E-state index contributed by atoms with van der Waals surface area (Å²) in [5.41, 5.74) is 0.983. The molecule has 2 heterocycles. The number of hydrogen-bond acceptors (Lipinski definition) is 3. The summed E-state index contributed by atoms with van der Waals surface area (Å²) in [4.78, 5) is 21.0. The monoisotopic (exact) mass is 448 g/mol. The van der Waals surface area contributed by atoms with E-state index in [1.54, 1.807) is 15.8 Å². The summed E-state index contributed by atoms with van der Waals surface area (Å²) >= 11 is 0. The van der Waals surface area contributed by atoms with E-state index in [-0.39, 0.29) is 35.3 Å². The summed E-state index contributed by atoms with van der Waals surface area (Å²) in [5.74, 6) is 0.896. The molecule has 0 aromatic carbocycles. The fraction of sp³-hybridized carbons (Fsp3) is 0.688. The molecule has 2 rings (SSSR count). The molecule has 0 saturated carbocycles. The van der Waals surface area contributed by atoms with Crippen molar-refractivity contribution in [2.75, 3.05) is 37.6 Å². The lowest BCUT2D eigenvalue weighted by Crippen LogP contribution is -2.55. The smallest absolute Gasteiger partial charge is 0.246 e. The van der Waals surface area contributed by atoms with Gasteiger partial charge in [-0.15, -0.1) is 24.0 Å². The second-order valence-electron chi connectivity index (χ2n) is 7.07. The third kappa shape index (κ3) is 5.64. The lowest BCUT2D eigenvalue weighted by atomic mass is 9.97. The Labute approximate surface area is 161 Å². The number of aliphatic imine (C=N–C) groups is 1. The molecule has 24 heavy (non-hydrogen) atoms. The Kier molecular flexibility index (Phi) is 7.50. The highest BCUT2D eigenvalue weighted by molar-refractivity contribution is 14.0. The van der Waals surface area contributed by atoms with Gasteiger partial charge in [-0.3, -0.25) is 14.5 Å². The van der Waals surface area contributed by atoms with E-state index in [9.17, 15) is 4.79 Å². The number of piperazine rings is 1. The molecule has 0 unspecified atom stereocenters. The number of rotatable bonds is 3. The third-order valence-corrected chi connectivity index (χ3v) is 3.56. The van der Waals surface area contributed by atoms with Gasteiger partial charge in [-0.2, -0.15) is 5.10 Å². The third-order valence-electron chi connectivity index (χ3n) is 3.56. The van der Waals surface area contributed by atoms with E-state index in [4.69, 9.17) is 0 Å². The minimum absolute atomic E-state index is 0.